The molecule has 0 aliphatic heterocycles. The van der Waals surface area contributed by atoms with Crippen LogP contribution in [0.3, 0.4) is 0 Å². The summed E-state index contributed by atoms with van der Waals surface area (Å²) in [5.74, 6) is 0.134. The maximum Gasteiger partial charge on any atom is 0.115 e. The topological polar surface area (TPSA) is 20.2 Å². The molecule has 0 saturated heterocycles. The summed E-state index contributed by atoms with van der Waals surface area (Å²) in [7, 11) is 0. The summed E-state index contributed by atoms with van der Waals surface area (Å²) in [6.45, 7) is 1.46. The third kappa shape index (κ3) is 1.70. The molecule has 0 radical (unpaired) electrons. The van der Waals surface area contributed by atoms with Crippen molar-refractivity contribution in [3.8, 4) is 5.75 Å². The molecular formula is C9H11FO. The Morgan fingerprint density at radius 3 is 2.64 bits per heavy atom. The fraction of sp³-hybridized carbons (Fsp3) is 0.333. The van der Waals surface area contributed by atoms with Crippen molar-refractivity contribution in [1.82, 2.24) is 0 Å². The molecule has 11 heavy (non-hydrogen) atoms. The SMILES string of the molecule is CCc1ccc(O)cc1CF. The highest BCUT2D eigenvalue weighted by atomic mass is 19.1. The van der Waals surface area contributed by atoms with Crippen LogP contribution < -0.4 is 0 Å². The van der Waals surface area contributed by atoms with Crippen LogP contribution in [0.4, 0.5) is 4.39 Å². The first-order chi connectivity index (χ1) is 5.27. The molecule has 0 aliphatic rings. The van der Waals surface area contributed by atoms with E-state index in [-0.39, 0.29) is 5.75 Å². The van der Waals surface area contributed by atoms with E-state index in [1.54, 1.807) is 12.1 Å². The number of phenols is 1. The van der Waals surface area contributed by atoms with E-state index in [0.717, 1.165) is 12.0 Å². The lowest BCUT2D eigenvalue weighted by Crippen LogP contribution is -1.88. The van der Waals surface area contributed by atoms with Gasteiger partial charge in [0.25, 0.3) is 0 Å². The Morgan fingerprint density at radius 2 is 2.09 bits per heavy atom. The van der Waals surface area contributed by atoms with Crippen molar-refractivity contribution in [2.45, 2.75) is 20.0 Å². The number of phenolic OH excluding ortho intramolecular Hbond substituents is 1. The van der Waals surface area contributed by atoms with Crippen molar-refractivity contribution < 1.29 is 9.50 Å². The molecule has 1 aromatic carbocycles. The molecule has 0 aromatic heterocycles. The predicted octanol–water partition coefficient (Wildman–Crippen LogP) is 2.42. The van der Waals surface area contributed by atoms with Crippen molar-refractivity contribution >= 4 is 0 Å². The van der Waals surface area contributed by atoms with Gasteiger partial charge in [-0.3, -0.25) is 0 Å². The highest BCUT2D eigenvalue weighted by molar-refractivity contribution is 5.34. The molecule has 0 fully saturated rings. The summed E-state index contributed by atoms with van der Waals surface area (Å²) in [6.07, 6.45) is 0.805. The second-order valence-corrected chi connectivity index (χ2v) is 2.44. The third-order valence-electron chi connectivity index (χ3n) is 1.71. The normalized spacial score (nSPS) is 10.0. The van der Waals surface area contributed by atoms with Crippen LogP contribution >= 0.6 is 0 Å². The van der Waals surface area contributed by atoms with E-state index in [2.05, 4.69) is 0 Å². The second-order valence-electron chi connectivity index (χ2n) is 2.44. The lowest BCUT2D eigenvalue weighted by molar-refractivity contribution is 0.461. The minimum atomic E-state index is -0.502. The Kier molecular flexibility index (Phi) is 2.47. The zero-order valence-electron chi connectivity index (χ0n) is 6.47. The summed E-state index contributed by atoms with van der Waals surface area (Å²) in [6, 6.07) is 4.81. The molecule has 2 heteroatoms. The van der Waals surface area contributed by atoms with Gasteiger partial charge in [0.1, 0.15) is 12.4 Å². The van der Waals surface area contributed by atoms with Gasteiger partial charge in [-0.1, -0.05) is 13.0 Å². The third-order valence-corrected chi connectivity index (χ3v) is 1.71. The second kappa shape index (κ2) is 3.37. The molecule has 0 heterocycles. The minimum absolute atomic E-state index is 0.134. The maximum absolute atomic E-state index is 12.2. The first kappa shape index (κ1) is 8.05. The molecule has 60 valence electrons. The van der Waals surface area contributed by atoms with E-state index in [9.17, 15) is 4.39 Å². The van der Waals surface area contributed by atoms with Gasteiger partial charge in [-0.2, -0.15) is 0 Å². The van der Waals surface area contributed by atoms with Gasteiger partial charge in [0.2, 0.25) is 0 Å². The zero-order valence-corrected chi connectivity index (χ0v) is 6.47. The number of halogens is 1. The lowest BCUT2D eigenvalue weighted by atomic mass is 10.1. The fourth-order valence-electron chi connectivity index (χ4n) is 1.08. The van der Waals surface area contributed by atoms with Crippen LogP contribution in [0.1, 0.15) is 18.1 Å². The van der Waals surface area contributed by atoms with Crippen molar-refractivity contribution in [2.75, 3.05) is 0 Å². The average Bonchev–Trinajstić information content (AvgIpc) is 2.04. The largest absolute Gasteiger partial charge is 0.508 e. The van der Waals surface area contributed by atoms with Crippen LogP contribution in [0.25, 0.3) is 0 Å². The molecule has 1 rings (SSSR count). The van der Waals surface area contributed by atoms with E-state index >= 15 is 0 Å². The fourth-order valence-corrected chi connectivity index (χ4v) is 1.08. The molecule has 0 amide bonds. The molecule has 0 unspecified atom stereocenters. The summed E-state index contributed by atoms with van der Waals surface area (Å²) in [5, 5.41) is 9.00. The molecule has 0 saturated carbocycles. The number of aryl methyl sites for hydroxylation is 1. The molecule has 1 nitrogen and oxygen atoms in total. The molecular weight excluding hydrogens is 143 g/mol. The van der Waals surface area contributed by atoms with Crippen LogP contribution in [-0.2, 0) is 13.1 Å². The Hall–Kier alpha value is -1.05. The van der Waals surface area contributed by atoms with Crippen LogP contribution in [-0.4, -0.2) is 5.11 Å². The van der Waals surface area contributed by atoms with E-state index in [4.69, 9.17) is 5.11 Å². The van der Waals surface area contributed by atoms with Crippen molar-refractivity contribution in [3.05, 3.63) is 29.3 Å². The van der Waals surface area contributed by atoms with Crippen LogP contribution in [0.2, 0.25) is 0 Å². The lowest BCUT2D eigenvalue weighted by Gasteiger charge is -2.03. The Bertz CT molecular complexity index is 245. The van der Waals surface area contributed by atoms with Crippen LogP contribution in [0.15, 0.2) is 18.2 Å². The first-order valence-electron chi connectivity index (χ1n) is 3.64. The summed E-state index contributed by atoms with van der Waals surface area (Å²) in [5.41, 5.74) is 1.55. The predicted molar refractivity (Wildman–Crippen MR) is 42.3 cm³/mol. The minimum Gasteiger partial charge on any atom is -0.508 e. The number of benzene rings is 1. The Labute approximate surface area is 65.5 Å². The first-order valence-corrected chi connectivity index (χ1v) is 3.64. The quantitative estimate of drug-likeness (QED) is 0.693. The number of rotatable bonds is 2. The van der Waals surface area contributed by atoms with Gasteiger partial charge in [0.15, 0.2) is 0 Å². The number of hydrogen-bond acceptors (Lipinski definition) is 1. The summed E-state index contributed by atoms with van der Waals surface area (Å²) >= 11 is 0. The molecule has 0 atom stereocenters. The average molecular weight is 154 g/mol. The maximum atomic E-state index is 12.2. The van der Waals surface area contributed by atoms with E-state index < -0.39 is 6.67 Å². The van der Waals surface area contributed by atoms with Gasteiger partial charge in [0.05, 0.1) is 0 Å². The van der Waals surface area contributed by atoms with Gasteiger partial charge in [-0.05, 0) is 29.7 Å². The summed E-state index contributed by atoms with van der Waals surface area (Å²) in [4.78, 5) is 0. The molecule has 1 N–H and O–H groups in total. The van der Waals surface area contributed by atoms with Crippen molar-refractivity contribution in [1.29, 1.82) is 0 Å². The molecule has 0 bridgehead atoms. The van der Waals surface area contributed by atoms with Gasteiger partial charge < -0.3 is 5.11 Å². The van der Waals surface area contributed by atoms with Gasteiger partial charge in [-0.15, -0.1) is 0 Å². The zero-order chi connectivity index (χ0) is 8.27. The Balaban J connectivity index is 3.06. The molecule has 0 spiro atoms. The van der Waals surface area contributed by atoms with E-state index in [1.807, 2.05) is 6.92 Å². The smallest absolute Gasteiger partial charge is 0.115 e. The van der Waals surface area contributed by atoms with Crippen LogP contribution in [0.5, 0.6) is 5.75 Å². The van der Waals surface area contributed by atoms with Gasteiger partial charge in [0, 0.05) is 0 Å². The van der Waals surface area contributed by atoms with Crippen molar-refractivity contribution in [2.24, 2.45) is 0 Å². The monoisotopic (exact) mass is 154 g/mol. The molecule has 1 aromatic rings. The highest BCUT2D eigenvalue weighted by Gasteiger charge is 2.00. The Morgan fingerprint density at radius 1 is 1.36 bits per heavy atom. The number of alkyl halides is 1. The van der Waals surface area contributed by atoms with Crippen LogP contribution in [0, 0.1) is 0 Å². The number of aromatic hydroxyl groups is 1. The van der Waals surface area contributed by atoms with E-state index in [0.29, 0.717) is 5.56 Å². The summed E-state index contributed by atoms with van der Waals surface area (Å²) < 4.78 is 12.2. The van der Waals surface area contributed by atoms with Gasteiger partial charge in [-0.25, -0.2) is 4.39 Å². The highest BCUT2D eigenvalue weighted by Crippen LogP contribution is 2.17. The van der Waals surface area contributed by atoms with Crippen molar-refractivity contribution in [3.63, 3.8) is 0 Å². The van der Waals surface area contributed by atoms with E-state index in [1.165, 1.54) is 6.07 Å². The number of hydrogen-bond donors (Lipinski definition) is 1. The molecule has 0 aliphatic carbocycles. The standard InChI is InChI=1S/C9H11FO/c1-2-7-3-4-9(11)5-8(7)6-10/h3-5,11H,2,6H2,1H3. The van der Waals surface area contributed by atoms with Gasteiger partial charge >= 0.3 is 0 Å².